The highest BCUT2D eigenvalue weighted by Gasteiger charge is 2.42. The molecule has 1 N–H and O–H groups in total. The van der Waals surface area contributed by atoms with Crippen LogP contribution in [-0.2, 0) is 9.59 Å². The number of aliphatic hydroxyl groups is 1. The Labute approximate surface area is 146 Å². The number of rotatable bonds is 6. The number of hydrogen-bond donors (Lipinski definition) is 1. The third-order valence-electron chi connectivity index (χ3n) is 4.74. The average Bonchev–Trinajstić information content (AvgIpc) is 3.20. The van der Waals surface area contributed by atoms with Crippen molar-refractivity contribution in [3.05, 3.63) is 28.1 Å². The Morgan fingerprint density at radius 2 is 2.17 bits per heavy atom. The molecule has 0 radical (unpaired) electrons. The number of likely N-dealkylation sites (tertiary alicyclic amines) is 1. The molecule has 2 aliphatic rings. The molecule has 1 unspecified atom stereocenters. The fourth-order valence-electron chi connectivity index (χ4n) is 3.44. The van der Waals surface area contributed by atoms with Crippen molar-refractivity contribution in [2.75, 3.05) is 26.2 Å². The first-order valence-corrected chi connectivity index (χ1v) is 9.55. The zero-order valence-corrected chi connectivity index (χ0v) is 14.8. The molecule has 2 amide bonds. The Bertz CT molecular complexity index is 639. The van der Waals surface area contributed by atoms with Crippen molar-refractivity contribution in [2.45, 2.75) is 32.6 Å². The van der Waals surface area contributed by atoms with Gasteiger partial charge in [0.1, 0.15) is 5.70 Å². The summed E-state index contributed by atoms with van der Waals surface area (Å²) in [5, 5.41) is 11.4. The molecule has 0 spiro atoms. The molecule has 0 bridgehead atoms. The molecule has 1 saturated heterocycles. The van der Waals surface area contributed by atoms with Gasteiger partial charge in [0.2, 0.25) is 0 Å². The van der Waals surface area contributed by atoms with Crippen LogP contribution in [0.4, 0.5) is 0 Å². The number of amides is 2. The minimum Gasteiger partial charge on any atom is -0.396 e. The summed E-state index contributed by atoms with van der Waals surface area (Å²) in [6.45, 7) is 4.06. The van der Waals surface area contributed by atoms with Crippen molar-refractivity contribution in [1.82, 2.24) is 9.80 Å². The number of carbonyl (C=O) groups is 2. The van der Waals surface area contributed by atoms with Gasteiger partial charge in [0, 0.05) is 31.1 Å². The second-order valence-electron chi connectivity index (χ2n) is 6.45. The normalized spacial score (nSPS) is 22.0. The van der Waals surface area contributed by atoms with E-state index < -0.39 is 0 Å². The minimum atomic E-state index is -0.171. The van der Waals surface area contributed by atoms with Gasteiger partial charge in [-0.15, -0.1) is 11.3 Å². The molecule has 5 nitrogen and oxygen atoms in total. The maximum Gasteiger partial charge on any atom is 0.277 e. The lowest BCUT2D eigenvalue weighted by Crippen LogP contribution is -2.40. The van der Waals surface area contributed by atoms with Crippen molar-refractivity contribution in [3.63, 3.8) is 0 Å². The molecule has 0 aliphatic carbocycles. The van der Waals surface area contributed by atoms with E-state index in [2.05, 4.69) is 6.92 Å². The second kappa shape index (κ2) is 7.49. The molecule has 3 heterocycles. The quantitative estimate of drug-likeness (QED) is 0.802. The highest BCUT2D eigenvalue weighted by atomic mass is 32.1. The van der Waals surface area contributed by atoms with Crippen LogP contribution in [0.2, 0.25) is 0 Å². The van der Waals surface area contributed by atoms with Crippen LogP contribution in [0.15, 0.2) is 23.2 Å². The summed E-state index contributed by atoms with van der Waals surface area (Å²) >= 11 is 1.49. The first-order chi connectivity index (χ1) is 11.7. The molecular formula is C18H24N2O3S. The number of aliphatic hydroxyl groups excluding tert-OH is 1. The van der Waals surface area contributed by atoms with Crippen LogP contribution in [0.25, 0.3) is 5.57 Å². The Balaban J connectivity index is 1.96. The van der Waals surface area contributed by atoms with Crippen molar-refractivity contribution in [3.8, 4) is 0 Å². The molecule has 0 saturated carbocycles. The molecule has 130 valence electrons. The maximum absolute atomic E-state index is 13.0. The van der Waals surface area contributed by atoms with Gasteiger partial charge < -0.3 is 10.0 Å². The molecule has 24 heavy (non-hydrogen) atoms. The number of unbranched alkanes of at least 4 members (excludes halogenated alkanes) is 1. The molecule has 1 fully saturated rings. The van der Waals surface area contributed by atoms with Gasteiger partial charge >= 0.3 is 0 Å². The van der Waals surface area contributed by atoms with Crippen molar-refractivity contribution in [1.29, 1.82) is 0 Å². The highest BCUT2D eigenvalue weighted by Crippen LogP contribution is 2.35. The molecule has 6 heteroatoms. The lowest BCUT2D eigenvalue weighted by Gasteiger charge is -2.34. The van der Waals surface area contributed by atoms with Gasteiger partial charge in [0.25, 0.3) is 11.8 Å². The van der Waals surface area contributed by atoms with Crippen molar-refractivity contribution < 1.29 is 14.7 Å². The summed E-state index contributed by atoms with van der Waals surface area (Å²) in [5.41, 5.74) is 1.08. The number of carbonyl (C=O) groups excluding carboxylic acids is 2. The fourth-order valence-corrected chi connectivity index (χ4v) is 4.20. The molecule has 1 aromatic heterocycles. The molecule has 1 aromatic rings. The highest BCUT2D eigenvalue weighted by molar-refractivity contribution is 7.11. The summed E-state index contributed by atoms with van der Waals surface area (Å²) < 4.78 is 0. The van der Waals surface area contributed by atoms with Crippen LogP contribution in [0.1, 0.15) is 37.5 Å². The first-order valence-electron chi connectivity index (χ1n) is 8.67. The van der Waals surface area contributed by atoms with E-state index in [0.29, 0.717) is 24.4 Å². The number of thiophene rings is 1. The third kappa shape index (κ3) is 3.13. The van der Waals surface area contributed by atoms with Gasteiger partial charge in [-0.2, -0.15) is 0 Å². The van der Waals surface area contributed by atoms with Gasteiger partial charge in [-0.05, 0) is 36.6 Å². The van der Waals surface area contributed by atoms with E-state index in [-0.39, 0.29) is 24.3 Å². The van der Waals surface area contributed by atoms with E-state index in [9.17, 15) is 14.7 Å². The predicted molar refractivity (Wildman–Crippen MR) is 94.2 cm³/mol. The number of hydrogen-bond acceptors (Lipinski definition) is 5. The zero-order chi connectivity index (χ0) is 17.1. The summed E-state index contributed by atoms with van der Waals surface area (Å²) in [6, 6.07) is 3.81. The number of piperidine rings is 1. The Morgan fingerprint density at radius 1 is 1.33 bits per heavy atom. The average molecular weight is 348 g/mol. The monoisotopic (exact) mass is 348 g/mol. The van der Waals surface area contributed by atoms with Gasteiger partial charge in [-0.1, -0.05) is 19.4 Å². The molecule has 2 aliphatic heterocycles. The van der Waals surface area contributed by atoms with Crippen LogP contribution < -0.4 is 0 Å². The second-order valence-corrected chi connectivity index (χ2v) is 7.40. The summed E-state index contributed by atoms with van der Waals surface area (Å²) in [7, 11) is 0. The smallest absolute Gasteiger partial charge is 0.277 e. The Morgan fingerprint density at radius 3 is 2.83 bits per heavy atom. The van der Waals surface area contributed by atoms with Gasteiger partial charge in [0.05, 0.1) is 5.57 Å². The topological polar surface area (TPSA) is 60.9 Å². The summed E-state index contributed by atoms with van der Waals surface area (Å²) in [4.78, 5) is 30.1. The Hall–Kier alpha value is -1.66. The van der Waals surface area contributed by atoms with Crippen LogP contribution in [0, 0.1) is 5.92 Å². The predicted octanol–water partition coefficient (Wildman–Crippen LogP) is 2.33. The molecule has 0 aromatic carbocycles. The van der Waals surface area contributed by atoms with E-state index in [1.54, 1.807) is 0 Å². The minimum absolute atomic E-state index is 0.125. The van der Waals surface area contributed by atoms with Gasteiger partial charge in [0.15, 0.2) is 0 Å². The number of nitrogens with zero attached hydrogens (tertiary/aromatic N) is 2. The van der Waals surface area contributed by atoms with Crippen LogP contribution in [0.3, 0.4) is 0 Å². The first kappa shape index (κ1) is 17.2. The lowest BCUT2D eigenvalue weighted by atomic mass is 9.98. The Kier molecular flexibility index (Phi) is 5.36. The van der Waals surface area contributed by atoms with Crippen LogP contribution in [0.5, 0.6) is 0 Å². The fraction of sp³-hybridized carbons (Fsp3) is 0.556. The van der Waals surface area contributed by atoms with E-state index in [0.717, 1.165) is 37.1 Å². The summed E-state index contributed by atoms with van der Waals surface area (Å²) in [6.07, 6.45) is 3.66. The van der Waals surface area contributed by atoms with Crippen LogP contribution >= 0.6 is 11.3 Å². The molecule has 1 atom stereocenters. The number of imide groups is 1. The van der Waals surface area contributed by atoms with E-state index in [1.807, 2.05) is 22.4 Å². The van der Waals surface area contributed by atoms with Gasteiger partial charge in [-0.3, -0.25) is 14.5 Å². The SMILES string of the molecule is CCCCN1C(=O)C(c2cccs2)=C(N2CCCC(CO)C2)C1=O. The molecular weight excluding hydrogens is 324 g/mol. The van der Waals surface area contributed by atoms with E-state index >= 15 is 0 Å². The van der Waals surface area contributed by atoms with Crippen LogP contribution in [-0.4, -0.2) is 53.0 Å². The van der Waals surface area contributed by atoms with Crippen molar-refractivity contribution >= 4 is 28.7 Å². The van der Waals surface area contributed by atoms with E-state index in [1.165, 1.54) is 16.2 Å². The largest absolute Gasteiger partial charge is 0.396 e. The maximum atomic E-state index is 13.0. The van der Waals surface area contributed by atoms with Gasteiger partial charge in [-0.25, -0.2) is 0 Å². The zero-order valence-electron chi connectivity index (χ0n) is 14.0. The third-order valence-corrected chi connectivity index (χ3v) is 5.63. The molecule has 3 rings (SSSR count). The standard InChI is InChI=1S/C18H24N2O3S/c1-2-3-9-20-17(22)15(14-7-5-10-24-14)16(18(20)23)19-8-4-6-13(11-19)12-21/h5,7,10,13,21H,2-4,6,8-9,11-12H2,1H3. The lowest BCUT2D eigenvalue weighted by molar-refractivity contribution is -0.137. The van der Waals surface area contributed by atoms with Crippen molar-refractivity contribution in [2.24, 2.45) is 5.92 Å². The van der Waals surface area contributed by atoms with E-state index in [4.69, 9.17) is 0 Å². The summed E-state index contributed by atoms with van der Waals surface area (Å²) in [5.74, 6) is -0.170.